The van der Waals surface area contributed by atoms with Crippen LogP contribution in [0.2, 0.25) is 0 Å². The highest BCUT2D eigenvalue weighted by molar-refractivity contribution is 7.86. The molecule has 18 heavy (non-hydrogen) atoms. The third kappa shape index (κ3) is 4.10. The third-order valence-electron chi connectivity index (χ3n) is 2.99. The molecule has 0 aliphatic heterocycles. The molecule has 8 heteroatoms. The third-order valence-corrected chi connectivity index (χ3v) is 3.93. The minimum atomic E-state index is -5.72. The van der Waals surface area contributed by atoms with E-state index in [0.29, 0.717) is 0 Å². The summed E-state index contributed by atoms with van der Waals surface area (Å²) >= 11 is 0. The normalized spacial score (nSPS) is 20.9. The van der Waals surface area contributed by atoms with Gasteiger partial charge in [0.15, 0.2) is 6.17 Å². The van der Waals surface area contributed by atoms with Crippen molar-refractivity contribution in [3.8, 4) is 0 Å². The van der Waals surface area contributed by atoms with Crippen molar-refractivity contribution in [2.75, 3.05) is 6.61 Å². The van der Waals surface area contributed by atoms with Crippen molar-refractivity contribution >= 4 is 10.1 Å². The lowest BCUT2D eigenvalue weighted by Crippen LogP contribution is -2.39. The minimum absolute atomic E-state index is 0.0645. The van der Waals surface area contributed by atoms with E-state index in [1.807, 2.05) is 0 Å². The fourth-order valence-electron chi connectivity index (χ4n) is 1.90. The molecule has 1 rings (SSSR count). The van der Waals surface area contributed by atoms with Crippen LogP contribution in [0.5, 0.6) is 0 Å². The monoisotopic (exact) mass is 290 g/mol. The number of hydrogen-bond acceptors (Lipinski definition) is 3. The van der Waals surface area contributed by atoms with Gasteiger partial charge in [0.05, 0.1) is 6.10 Å². The van der Waals surface area contributed by atoms with Crippen molar-refractivity contribution in [2.24, 2.45) is 0 Å². The average Bonchev–Trinajstić information content (AvgIpc) is 2.28. The van der Waals surface area contributed by atoms with Gasteiger partial charge in [-0.1, -0.05) is 19.3 Å². The van der Waals surface area contributed by atoms with Crippen LogP contribution in [0.3, 0.4) is 0 Å². The molecule has 1 atom stereocenters. The molecule has 0 amide bonds. The van der Waals surface area contributed by atoms with Gasteiger partial charge in [-0.2, -0.15) is 17.2 Å². The van der Waals surface area contributed by atoms with Gasteiger partial charge in [-0.05, 0) is 12.8 Å². The van der Waals surface area contributed by atoms with Crippen LogP contribution in [0.4, 0.5) is 13.2 Å². The summed E-state index contributed by atoms with van der Waals surface area (Å²) in [5.41, 5.74) is 0. The van der Waals surface area contributed by atoms with Crippen LogP contribution in [-0.4, -0.2) is 37.1 Å². The molecule has 1 aliphatic carbocycles. The summed E-state index contributed by atoms with van der Waals surface area (Å²) in [5.74, 6) is 0. The van der Waals surface area contributed by atoms with Crippen molar-refractivity contribution in [1.82, 2.24) is 0 Å². The fraction of sp³-hybridized carbons (Fsp3) is 1.00. The zero-order chi connectivity index (χ0) is 13.8. The van der Waals surface area contributed by atoms with Crippen LogP contribution in [0.1, 0.15) is 38.5 Å². The second kappa shape index (κ2) is 6.21. The first kappa shape index (κ1) is 15.7. The number of halogens is 3. The van der Waals surface area contributed by atoms with E-state index in [9.17, 15) is 21.6 Å². The van der Waals surface area contributed by atoms with E-state index in [1.165, 1.54) is 0 Å². The van der Waals surface area contributed by atoms with E-state index in [1.54, 1.807) is 0 Å². The van der Waals surface area contributed by atoms with Gasteiger partial charge in [-0.25, -0.2) is 4.39 Å². The highest BCUT2D eigenvalue weighted by Crippen LogP contribution is 2.30. The van der Waals surface area contributed by atoms with Gasteiger partial charge < -0.3 is 4.74 Å². The maximum absolute atomic E-state index is 13.1. The Morgan fingerprint density at radius 2 is 1.83 bits per heavy atom. The van der Waals surface area contributed by atoms with Gasteiger partial charge in [0.25, 0.3) is 0 Å². The van der Waals surface area contributed by atoms with Crippen molar-refractivity contribution in [3.05, 3.63) is 0 Å². The maximum Gasteiger partial charge on any atom is 0.400 e. The van der Waals surface area contributed by atoms with E-state index < -0.39 is 28.0 Å². The molecule has 0 saturated heterocycles. The molecule has 1 unspecified atom stereocenters. The molecule has 1 saturated carbocycles. The first-order valence-corrected chi connectivity index (χ1v) is 7.29. The Hall–Kier alpha value is -0.340. The van der Waals surface area contributed by atoms with Crippen molar-refractivity contribution in [3.63, 3.8) is 0 Å². The number of rotatable bonds is 6. The summed E-state index contributed by atoms with van der Waals surface area (Å²) in [6, 6.07) is 0. The van der Waals surface area contributed by atoms with Gasteiger partial charge in [0.2, 0.25) is 0 Å². The van der Waals surface area contributed by atoms with Crippen molar-refractivity contribution in [2.45, 2.75) is 56.1 Å². The van der Waals surface area contributed by atoms with E-state index in [2.05, 4.69) is 0 Å². The quantitative estimate of drug-likeness (QED) is 0.764. The predicted molar refractivity (Wildman–Crippen MR) is 58.8 cm³/mol. The van der Waals surface area contributed by atoms with Crippen molar-refractivity contribution in [1.29, 1.82) is 0 Å². The first-order valence-electron chi connectivity index (χ1n) is 5.85. The summed E-state index contributed by atoms with van der Waals surface area (Å²) < 4.78 is 72.7. The molecule has 1 N–H and O–H groups in total. The van der Waals surface area contributed by atoms with Crippen LogP contribution < -0.4 is 0 Å². The zero-order valence-electron chi connectivity index (χ0n) is 9.82. The molecular weight excluding hydrogens is 273 g/mol. The fourth-order valence-corrected chi connectivity index (χ4v) is 2.34. The zero-order valence-corrected chi connectivity index (χ0v) is 10.6. The molecule has 0 radical (unpaired) electrons. The Morgan fingerprint density at radius 1 is 1.28 bits per heavy atom. The van der Waals surface area contributed by atoms with Gasteiger partial charge in [-0.15, -0.1) is 0 Å². The minimum Gasteiger partial charge on any atom is -0.378 e. The second-order valence-electron chi connectivity index (χ2n) is 4.42. The van der Waals surface area contributed by atoms with Crippen LogP contribution in [0, 0.1) is 0 Å². The molecule has 0 aromatic carbocycles. The van der Waals surface area contributed by atoms with Crippen LogP contribution in [0.15, 0.2) is 0 Å². The van der Waals surface area contributed by atoms with Gasteiger partial charge in [0.1, 0.15) is 0 Å². The molecule has 108 valence electrons. The number of hydrogen-bond donors (Lipinski definition) is 1. The Balaban J connectivity index is 2.34. The lowest BCUT2D eigenvalue weighted by atomic mass is 9.98. The molecule has 1 fully saturated rings. The van der Waals surface area contributed by atoms with Crippen LogP contribution in [0.25, 0.3) is 0 Å². The predicted octanol–water partition coefficient (Wildman–Crippen LogP) is 2.54. The molecule has 4 nitrogen and oxygen atoms in total. The average molecular weight is 290 g/mol. The Labute approximate surface area is 104 Å². The largest absolute Gasteiger partial charge is 0.400 e. The molecular formula is C10H17F3O4S. The van der Waals surface area contributed by atoms with Gasteiger partial charge in [-0.3, -0.25) is 4.55 Å². The maximum atomic E-state index is 13.1. The summed E-state index contributed by atoms with van der Waals surface area (Å²) in [6.45, 7) is -0.281. The molecule has 0 spiro atoms. The number of alkyl halides is 3. The van der Waals surface area contributed by atoms with Crippen LogP contribution >= 0.6 is 0 Å². The van der Waals surface area contributed by atoms with Gasteiger partial charge in [0, 0.05) is 13.0 Å². The summed E-state index contributed by atoms with van der Waals surface area (Å²) in [6.07, 6.45) is 0.921. The Bertz CT molecular complexity index is 352. The lowest BCUT2D eigenvalue weighted by Gasteiger charge is -2.23. The smallest absolute Gasteiger partial charge is 0.378 e. The van der Waals surface area contributed by atoms with E-state index >= 15 is 0 Å². The molecule has 1 aliphatic rings. The van der Waals surface area contributed by atoms with Gasteiger partial charge >= 0.3 is 15.4 Å². The van der Waals surface area contributed by atoms with E-state index in [-0.39, 0.29) is 12.7 Å². The highest BCUT2D eigenvalue weighted by Gasteiger charge is 2.52. The first-order chi connectivity index (χ1) is 8.25. The standard InChI is InChI=1S/C10H17F3O4S/c11-9(10(12,13)18(14,15)16)6-7-17-8-4-2-1-3-5-8/h8-9H,1-7H2,(H,14,15,16). The second-order valence-corrected chi connectivity index (χ2v) is 5.92. The Kier molecular flexibility index (Phi) is 5.42. The molecule has 0 aromatic rings. The summed E-state index contributed by atoms with van der Waals surface area (Å²) in [7, 11) is -5.72. The Morgan fingerprint density at radius 3 is 2.33 bits per heavy atom. The molecule has 0 bridgehead atoms. The molecule has 0 aromatic heterocycles. The van der Waals surface area contributed by atoms with Crippen LogP contribution in [-0.2, 0) is 14.9 Å². The topological polar surface area (TPSA) is 63.6 Å². The number of ether oxygens (including phenoxy) is 1. The SMILES string of the molecule is O=S(=O)(O)C(F)(F)C(F)CCOC1CCCCC1. The van der Waals surface area contributed by atoms with Crippen molar-refractivity contribution < 1.29 is 30.9 Å². The van der Waals surface area contributed by atoms with E-state index in [0.717, 1.165) is 32.1 Å². The molecule has 0 heterocycles. The summed E-state index contributed by atoms with van der Waals surface area (Å²) in [4.78, 5) is 0. The summed E-state index contributed by atoms with van der Waals surface area (Å²) in [5, 5.41) is -4.77. The lowest BCUT2D eigenvalue weighted by molar-refractivity contribution is -0.0341. The van der Waals surface area contributed by atoms with E-state index in [4.69, 9.17) is 9.29 Å². The highest BCUT2D eigenvalue weighted by atomic mass is 32.2.